The summed E-state index contributed by atoms with van der Waals surface area (Å²) in [6.45, 7) is 0.802. The van der Waals surface area contributed by atoms with Crippen molar-refractivity contribution >= 4 is 17.9 Å². The predicted molar refractivity (Wildman–Crippen MR) is 69.2 cm³/mol. The third-order valence-electron chi connectivity index (χ3n) is 3.04. The number of nitrogens with two attached hydrogens (primary N) is 1. The lowest BCUT2D eigenvalue weighted by Crippen LogP contribution is -2.37. The molecule has 2 heterocycles. The average Bonchev–Trinajstić information content (AvgIpc) is 3.06. The molecule has 0 aromatic carbocycles. The van der Waals surface area contributed by atoms with Crippen molar-refractivity contribution in [3.05, 3.63) is 11.4 Å². The lowest BCUT2D eigenvalue weighted by atomic mass is 10.2. The first-order valence-corrected chi connectivity index (χ1v) is 6.37. The van der Waals surface area contributed by atoms with Gasteiger partial charge in [-0.1, -0.05) is 5.21 Å². The van der Waals surface area contributed by atoms with Gasteiger partial charge in [0.25, 0.3) is 5.91 Å². The van der Waals surface area contributed by atoms with Crippen molar-refractivity contribution in [2.45, 2.75) is 13.0 Å². The average molecular weight is 296 g/mol. The molecule has 0 aliphatic carbocycles. The Labute approximate surface area is 120 Å². The number of carbonyl (C=O) groups excluding carboxylic acids is 3. The van der Waals surface area contributed by atoms with Crippen molar-refractivity contribution < 1.29 is 19.1 Å². The molecule has 3 amide bonds. The molecule has 0 spiro atoms. The van der Waals surface area contributed by atoms with Gasteiger partial charge in [0, 0.05) is 19.5 Å². The highest BCUT2D eigenvalue weighted by molar-refractivity contribution is 5.95. The first kappa shape index (κ1) is 14.9. The molecule has 0 bridgehead atoms. The Hall–Kier alpha value is -2.49. The zero-order valence-corrected chi connectivity index (χ0v) is 11.5. The molecule has 0 atom stereocenters. The van der Waals surface area contributed by atoms with Crippen molar-refractivity contribution in [3.63, 3.8) is 0 Å². The predicted octanol–water partition coefficient (Wildman–Crippen LogP) is -1.88. The molecule has 1 aromatic rings. The molecule has 21 heavy (non-hydrogen) atoms. The van der Waals surface area contributed by atoms with Gasteiger partial charge in [0.15, 0.2) is 5.69 Å². The summed E-state index contributed by atoms with van der Waals surface area (Å²) in [5, 5.41) is 10.0. The molecule has 1 fully saturated rings. The highest BCUT2D eigenvalue weighted by Crippen LogP contribution is 2.09. The van der Waals surface area contributed by atoms with Gasteiger partial charge in [-0.3, -0.25) is 9.69 Å². The zero-order chi connectivity index (χ0) is 15.4. The van der Waals surface area contributed by atoms with Crippen LogP contribution in [0.1, 0.15) is 16.2 Å². The Morgan fingerprint density at radius 1 is 1.48 bits per heavy atom. The van der Waals surface area contributed by atoms with Crippen molar-refractivity contribution in [1.29, 1.82) is 0 Å². The van der Waals surface area contributed by atoms with E-state index in [1.165, 1.54) is 11.8 Å². The molecule has 1 aliphatic heterocycles. The van der Waals surface area contributed by atoms with Crippen LogP contribution in [0.4, 0.5) is 4.79 Å². The van der Waals surface area contributed by atoms with Gasteiger partial charge in [-0.2, -0.15) is 0 Å². The van der Waals surface area contributed by atoms with Crippen LogP contribution in [0.5, 0.6) is 0 Å². The number of nitrogens with one attached hydrogen (secondary N) is 1. The maximum atomic E-state index is 12.1. The van der Waals surface area contributed by atoms with Crippen LogP contribution in [-0.2, 0) is 22.5 Å². The van der Waals surface area contributed by atoms with E-state index in [1.807, 2.05) is 0 Å². The topological polar surface area (TPSA) is 132 Å². The van der Waals surface area contributed by atoms with E-state index in [0.717, 1.165) is 4.90 Å². The second-order valence-corrected chi connectivity index (χ2v) is 4.35. The van der Waals surface area contributed by atoms with Crippen LogP contribution in [0.25, 0.3) is 0 Å². The number of urea groups is 1. The summed E-state index contributed by atoms with van der Waals surface area (Å²) in [6.07, 6.45) is 0.316. The zero-order valence-electron chi connectivity index (χ0n) is 11.5. The van der Waals surface area contributed by atoms with Crippen molar-refractivity contribution in [3.8, 4) is 0 Å². The quantitative estimate of drug-likeness (QED) is 0.607. The molecule has 1 saturated heterocycles. The van der Waals surface area contributed by atoms with E-state index in [-0.39, 0.29) is 18.8 Å². The van der Waals surface area contributed by atoms with Crippen LogP contribution < -0.4 is 11.1 Å². The van der Waals surface area contributed by atoms with Crippen molar-refractivity contribution in [1.82, 2.24) is 25.2 Å². The molecule has 0 saturated carbocycles. The van der Waals surface area contributed by atoms with Crippen LogP contribution in [0.15, 0.2) is 0 Å². The highest BCUT2D eigenvalue weighted by Gasteiger charge is 2.28. The summed E-state index contributed by atoms with van der Waals surface area (Å²) >= 11 is 0. The van der Waals surface area contributed by atoms with Gasteiger partial charge in [-0.05, 0) is 6.54 Å². The number of methoxy groups -OCH3 is 1. The number of amides is 3. The first-order valence-electron chi connectivity index (χ1n) is 6.37. The Kier molecular flexibility index (Phi) is 4.48. The lowest BCUT2D eigenvalue weighted by Gasteiger charge is -2.13. The van der Waals surface area contributed by atoms with Crippen molar-refractivity contribution in [2.24, 2.45) is 5.73 Å². The third kappa shape index (κ3) is 2.99. The molecule has 3 N–H and O–H groups in total. The highest BCUT2D eigenvalue weighted by atomic mass is 16.5. The van der Waals surface area contributed by atoms with E-state index in [2.05, 4.69) is 20.4 Å². The number of esters is 1. The normalized spacial score (nSPS) is 14.2. The van der Waals surface area contributed by atoms with Crippen LogP contribution in [0.2, 0.25) is 0 Å². The van der Waals surface area contributed by atoms with Crippen molar-refractivity contribution in [2.75, 3.05) is 26.7 Å². The summed E-state index contributed by atoms with van der Waals surface area (Å²) < 4.78 is 5.87. The van der Waals surface area contributed by atoms with Gasteiger partial charge in [0.2, 0.25) is 0 Å². The van der Waals surface area contributed by atoms with Crippen LogP contribution >= 0.6 is 0 Å². The lowest BCUT2D eigenvalue weighted by molar-refractivity contribution is -0.128. The molecule has 1 aliphatic rings. The fraction of sp³-hybridized carbons (Fsp3) is 0.545. The first-order chi connectivity index (χ1) is 10.1. The smallest absolute Gasteiger partial charge is 0.360 e. The van der Waals surface area contributed by atoms with E-state index in [9.17, 15) is 14.4 Å². The summed E-state index contributed by atoms with van der Waals surface area (Å²) in [5.74, 6) is -1.07. The summed E-state index contributed by atoms with van der Waals surface area (Å²) in [5.41, 5.74) is 5.94. The molecule has 10 nitrogen and oxygen atoms in total. The Balaban J connectivity index is 2.19. The fourth-order valence-corrected chi connectivity index (χ4v) is 2.02. The summed E-state index contributed by atoms with van der Waals surface area (Å²) in [4.78, 5) is 36.2. The number of rotatable bonds is 5. The maximum absolute atomic E-state index is 12.1. The van der Waals surface area contributed by atoms with Crippen LogP contribution in [-0.4, -0.2) is 64.5 Å². The minimum absolute atomic E-state index is 0.0293. The number of hydrogen-bond donors (Lipinski definition) is 2. The third-order valence-corrected chi connectivity index (χ3v) is 3.04. The Bertz CT molecular complexity index is 569. The van der Waals surface area contributed by atoms with E-state index < -0.39 is 17.9 Å². The maximum Gasteiger partial charge on any atom is 0.360 e. The summed E-state index contributed by atoms with van der Waals surface area (Å²) in [7, 11) is 1.23. The molecule has 10 heteroatoms. The van der Waals surface area contributed by atoms with Gasteiger partial charge in [0.1, 0.15) is 6.54 Å². The Morgan fingerprint density at radius 3 is 2.81 bits per heavy atom. The molecule has 114 valence electrons. The van der Waals surface area contributed by atoms with Gasteiger partial charge >= 0.3 is 12.0 Å². The van der Waals surface area contributed by atoms with Gasteiger partial charge in [0.05, 0.1) is 12.8 Å². The van der Waals surface area contributed by atoms with E-state index in [4.69, 9.17) is 5.73 Å². The van der Waals surface area contributed by atoms with Crippen LogP contribution in [0, 0.1) is 0 Å². The van der Waals surface area contributed by atoms with E-state index in [1.54, 1.807) is 0 Å². The SMILES string of the molecule is COC(=O)c1nnn(CC(=O)N2CCNC2=O)c1CCN. The van der Waals surface area contributed by atoms with E-state index >= 15 is 0 Å². The minimum atomic E-state index is -0.643. The number of nitrogens with zero attached hydrogens (tertiary/aromatic N) is 4. The second-order valence-electron chi connectivity index (χ2n) is 4.35. The molecular formula is C11H16N6O4. The fourth-order valence-electron chi connectivity index (χ4n) is 2.02. The van der Waals surface area contributed by atoms with Gasteiger partial charge in [-0.15, -0.1) is 5.10 Å². The standard InChI is InChI=1S/C11H16N6O4/c1-21-10(19)9-7(2-3-12)17(15-14-9)6-8(18)16-5-4-13-11(16)20/h2-6,12H2,1H3,(H,13,20). The van der Waals surface area contributed by atoms with Crippen LogP contribution in [0.3, 0.4) is 0 Å². The van der Waals surface area contributed by atoms with Gasteiger partial charge in [-0.25, -0.2) is 14.3 Å². The summed E-state index contributed by atoms with van der Waals surface area (Å²) in [6, 6.07) is -0.436. The number of imide groups is 1. The largest absolute Gasteiger partial charge is 0.464 e. The monoisotopic (exact) mass is 296 g/mol. The second kappa shape index (κ2) is 6.31. The van der Waals surface area contributed by atoms with Gasteiger partial charge < -0.3 is 15.8 Å². The Morgan fingerprint density at radius 2 is 2.24 bits per heavy atom. The van der Waals surface area contributed by atoms with E-state index in [0.29, 0.717) is 25.2 Å². The molecule has 0 unspecified atom stereocenters. The number of hydrogen-bond acceptors (Lipinski definition) is 7. The molecular weight excluding hydrogens is 280 g/mol. The molecule has 2 rings (SSSR count). The number of carbonyl (C=O) groups is 3. The molecule has 1 aromatic heterocycles. The molecule has 0 radical (unpaired) electrons. The minimum Gasteiger partial charge on any atom is -0.464 e. The number of ether oxygens (including phenoxy) is 1. The number of aromatic nitrogens is 3.